The number of rotatable bonds is 6. The highest BCUT2D eigenvalue weighted by Gasteiger charge is 2.20. The summed E-state index contributed by atoms with van der Waals surface area (Å²) in [6, 6.07) is 15.2. The predicted molar refractivity (Wildman–Crippen MR) is 137 cm³/mol. The molecule has 0 amide bonds. The van der Waals surface area contributed by atoms with E-state index in [0.717, 1.165) is 5.56 Å². The highest BCUT2D eigenvalue weighted by molar-refractivity contribution is 7.14. The van der Waals surface area contributed by atoms with Crippen LogP contribution in [0.4, 0.5) is 0 Å². The van der Waals surface area contributed by atoms with E-state index in [2.05, 4.69) is 0 Å². The third kappa shape index (κ3) is 4.18. The Balaban J connectivity index is 1.70. The van der Waals surface area contributed by atoms with Gasteiger partial charge >= 0.3 is 11.9 Å². The average molecular weight is 503 g/mol. The largest absolute Gasteiger partial charge is 0.478 e. The van der Waals surface area contributed by atoms with Gasteiger partial charge < -0.3 is 14.3 Å². The highest BCUT2D eigenvalue weighted by Crippen LogP contribution is 2.36. The van der Waals surface area contributed by atoms with Crippen molar-refractivity contribution in [3.8, 4) is 32.9 Å². The Morgan fingerprint density at radius 2 is 1.74 bits per heavy atom. The van der Waals surface area contributed by atoms with Crippen LogP contribution in [0.1, 0.15) is 27.6 Å². The first-order valence-electron chi connectivity index (χ1n) is 10.7. The molecule has 0 aliphatic heterocycles. The molecule has 35 heavy (non-hydrogen) atoms. The number of thiophene rings is 2. The molecule has 0 atom stereocenters. The van der Waals surface area contributed by atoms with Crippen molar-refractivity contribution in [3.63, 3.8) is 0 Å². The van der Waals surface area contributed by atoms with Gasteiger partial charge in [0.15, 0.2) is 0 Å². The summed E-state index contributed by atoms with van der Waals surface area (Å²) in [5.74, 6) is -1.03. The minimum Gasteiger partial charge on any atom is -0.478 e. The lowest BCUT2D eigenvalue weighted by molar-refractivity contribution is 0.0526. The first-order valence-corrected chi connectivity index (χ1v) is 12.5. The second-order valence-electron chi connectivity index (χ2n) is 7.62. The molecular formula is C27H18O6S2. The van der Waals surface area contributed by atoms with Gasteiger partial charge in [0.1, 0.15) is 11.3 Å². The number of carboxylic acids is 1. The lowest BCUT2D eigenvalue weighted by Crippen LogP contribution is -2.08. The zero-order chi connectivity index (χ0) is 24.5. The van der Waals surface area contributed by atoms with Gasteiger partial charge in [-0.05, 0) is 65.2 Å². The molecule has 0 fully saturated rings. The second kappa shape index (κ2) is 9.32. The standard InChI is InChI=1S/C27H18O6S2/c1-2-32-27(31)16-5-3-15(4-6-16)22-23(28)19-8-7-17(25-20(26(29)30)10-12-35-25)13-21(19)33-24(22)18-9-11-34-14-18/h3-14H,2H2,1H3,(H,29,30). The smallest absolute Gasteiger partial charge is 0.338 e. The minimum atomic E-state index is -1.01. The van der Waals surface area contributed by atoms with Gasteiger partial charge in [0.2, 0.25) is 5.43 Å². The maximum absolute atomic E-state index is 13.7. The number of carboxylic acid groups (broad SMARTS) is 1. The normalized spacial score (nSPS) is 11.0. The summed E-state index contributed by atoms with van der Waals surface area (Å²) in [4.78, 5) is 37.9. The molecule has 3 aromatic heterocycles. The van der Waals surface area contributed by atoms with Gasteiger partial charge in [-0.3, -0.25) is 4.79 Å². The Morgan fingerprint density at radius 1 is 0.971 bits per heavy atom. The van der Waals surface area contributed by atoms with E-state index in [1.807, 2.05) is 16.8 Å². The maximum Gasteiger partial charge on any atom is 0.338 e. The quantitative estimate of drug-likeness (QED) is 0.257. The number of carbonyl (C=O) groups excluding carboxylic acids is 1. The number of carbonyl (C=O) groups is 2. The predicted octanol–water partition coefficient (Wildman–Crippen LogP) is 6.79. The molecule has 0 aliphatic rings. The number of aromatic carboxylic acids is 1. The molecule has 0 saturated carbocycles. The van der Waals surface area contributed by atoms with Crippen molar-refractivity contribution < 1.29 is 23.8 Å². The molecule has 2 aromatic carbocycles. The number of hydrogen-bond acceptors (Lipinski definition) is 7. The zero-order valence-corrected chi connectivity index (χ0v) is 20.1. The van der Waals surface area contributed by atoms with Gasteiger partial charge in [0, 0.05) is 15.8 Å². The van der Waals surface area contributed by atoms with Crippen molar-refractivity contribution >= 4 is 45.6 Å². The van der Waals surface area contributed by atoms with Gasteiger partial charge in [-0.2, -0.15) is 11.3 Å². The molecule has 174 valence electrons. The molecule has 8 heteroatoms. The molecule has 1 N–H and O–H groups in total. The van der Waals surface area contributed by atoms with Crippen LogP contribution < -0.4 is 5.43 Å². The molecule has 0 unspecified atom stereocenters. The monoisotopic (exact) mass is 502 g/mol. The van der Waals surface area contributed by atoms with Crippen molar-refractivity contribution in [1.29, 1.82) is 0 Å². The van der Waals surface area contributed by atoms with Crippen LogP contribution in [0.25, 0.3) is 43.9 Å². The molecule has 0 radical (unpaired) electrons. The van der Waals surface area contributed by atoms with Crippen LogP contribution in [0.2, 0.25) is 0 Å². The first kappa shape index (κ1) is 22.8. The maximum atomic E-state index is 13.7. The fourth-order valence-electron chi connectivity index (χ4n) is 3.88. The Morgan fingerprint density at radius 3 is 2.43 bits per heavy atom. The Bertz CT molecular complexity index is 1610. The van der Waals surface area contributed by atoms with Crippen LogP contribution in [0, 0.1) is 0 Å². The summed E-state index contributed by atoms with van der Waals surface area (Å²) in [6.45, 7) is 2.02. The Kier molecular flexibility index (Phi) is 6.07. The van der Waals surface area contributed by atoms with E-state index < -0.39 is 11.9 Å². The summed E-state index contributed by atoms with van der Waals surface area (Å²) in [5.41, 5.74) is 3.17. The van der Waals surface area contributed by atoms with E-state index in [1.54, 1.807) is 60.8 Å². The molecular weight excluding hydrogens is 484 g/mol. The van der Waals surface area contributed by atoms with Crippen LogP contribution in [-0.4, -0.2) is 23.7 Å². The summed E-state index contributed by atoms with van der Waals surface area (Å²) in [7, 11) is 0. The van der Waals surface area contributed by atoms with Crippen molar-refractivity contribution in [1.82, 2.24) is 0 Å². The topological polar surface area (TPSA) is 93.8 Å². The molecule has 5 aromatic rings. The lowest BCUT2D eigenvalue weighted by atomic mass is 9.98. The van der Waals surface area contributed by atoms with Crippen molar-refractivity contribution in [2.24, 2.45) is 0 Å². The third-order valence-electron chi connectivity index (χ3n) is 5.52. The number of benzene rings is 2. The van der Waals surface area contributed by atoms with Crippen molar-refractivity contribution in [3.05, 3.63) is 92.1 Å². The van der Waals surface area contributed by atoms with E-state index in [0.29, 0.717) is 43.9 Å². The van der Waals surface area contributed by atoms with Gasteiger partial charge in [-0.25, -0.2) is 9.59 Å². The van der Waals surface area contributed by atoms with Gasteiger partial charge in [-0.15, -0.1) is 11.3 Å². The van der Waals surface area contributed by atoms with Gasteiger partial charge in [-0.1, -0.05) is 18.2 Å². The Labute approximate surface area is 207 Å². The molecule has 0 bridgehead atoms. The van der Waals surface area contributed by atoms with Crippen molar-refractivity contribution in [2.45, 2.75) is 6.92 Å². The fraction of sp³-hybridized carbons (Fsp3) is 0.0741. The van der Waals surface area contributed by atoms with Crippen LogP contribution >= 0.6 is 22.7 Å². The molecule has 3 heterocycles. The summed E-state index contributed by atoms with van der Waals surface area (Å²) < 4.78 is 11.3. The Hall–Kier alpha value is -4.01. The van der Waals surface area contributed by atoms with E-state index in [1.165, 1.54) is 22.7 Å². The zero-order valence-electron chi connectivity index (χ0n) is 18.4. The number of hydrogen-bond donors (Lipinski definition) is 1. The van der Waals surface area contributed by atoms with Gasteiger partial charge in [0.05, 0.1) is 28.7 Å². The minimum absolute atomic E-state index is 0.202. The van der Waals surface area contributed by atoms with Crippen LogP contribution in [0.5, 0.6) is 0 Å². The average Bonchev–Trinajstić information content (AvgIpc) is 3.57. The molecule has 5 rings (SSSR count). The number of fused-ring (bicyclic) bond motifs is 1. The summed E-state index contributed by atoms with van der Waals surface area (Å²) >= 11 is 2.80. The first-order chi connectivity index (χ1) is 17.0. The molecule has 6 nitrogen and oxygen atoms in total. The number of esters is 1. The second-order valence-corrected chi connectivity index (χ2v) is 9.32. The SMILES string of the molecule is CCOC(=O)c1ccc(-c2c(-c3ccsc3)oc3cc(-c4sccc4C(=O)O)ccc3c2=O)cc1. The molecule has 0 saturated heterocycles. The third-order valence-corrected chi connectivity index (χ3v) is 7.16. The van der Waals surface area contributed by atoms with E-state index in [9.17, 15) is 19.5 Å². The fourth-order valence-corrected chi connectivity index (χ4v) is 5.40. The van der Waals surface area contributed by atoms with Gasteiger partial charge in [0.25, 0.3) is 0 Å². The highest BCUT2D eigenvalue weighted by atomic mass is 32.1. The summed E-state index contributed by atoms with van der Waals surface area (Å²) in [6.07, 6.45) is 0. The van der Waals surface area contributed by atoms with E-state index >= 15 is 0 Å². The molecule has 0 spiro atoms. The van der Waals surface area contributed by atoms with E-state index in [4.69, 9.17) is 9.15 Å². The van der Waals surface area contributed by atoms with Crippen LogP contribution in [-0.2, 0) is 4.74 Å². The van der Waals surface area contributed by atoms with Crippen molar-refractivity contribution in [2.75, 3.05) is 6.61 Å². The molecule has 0 aliphatic carbocycles. The van der Waals surface area contributed by atoms with E-state index in [-0.39, 0.29) is 17.6 Å². The van der Waals surface area contributed by atoms with Crippen LogP contribution in [0.15, 0.2) is 79.9 Å². The number of ether oxygens (including phenoxy) is 1. The lowest BCUT2D eigenvalue weighted by Gasteiger charge is -2.11. The van der Waals surface area contributed by atoms with Crippen LogP contribution in [0.3, 0.4) is 0 Å². The summed E-state index contributed by atoms with van der Waals surface area (Å²) in [5, 5.41) is 15.4.